The zero-order chi connectivity index (χ0) is 15.6. The van der Waals surface area contributed by atoms with Crippen LogP contribution in [0.25, 0.3) is 0 Å². The van der Waals surface area contributed by atoms with E-state index in [1.807, 2.05) is 54.6 Å². The van der Waals surface area contributed by atoms with E-state index in [1.54, 1.807) is 7.11 Å². The van der Waals surface area contributed by atoms with Crippen molar-refractivity contribution >= 4 is 5.91 Å². The molecular weight excluding hydrogens is 274 g/mol. The summed E-state index contributed by atoms with van der Waals surface area (Å²) in [5, 5.41) is 2.81. The molecule has 0 radical (unpaired) electrons. The number of ether oxygens (including phenoxy) is 1. The van der Waals surface area contributed by atoms with Crippen LogP contribution in [0, 0.1) is 11.8 Å². The van der Waals surface area contributed by atoms with Gasteiger partial charge in [0.15, 0.2) is 0 Å². The Labute approximate surface area is 131 Å². The highest BCUT2D eigenvalue weighted by molar-refractivity contribution is 5.76. The second-order valence-corrected chi connectivity index (χ2v) is 4.79. The molecule has 2 aromatic carbocycles. The molecule has 0 spiro atoms. The normalized spacial score (nSPS) is 9.50. The Morgan fingerprint density at radius 2 is 1.82 bits per heavy atom. The minimum Gasteiger partial charge on any atom is -0.497 e. The van der Waals surface area contributed by atoms with Crippen LogP contribution in [0.4, 0.5) is 0 Å². The molecule has 22 heavy (non-hydrogen) atoms. The van der Waals surface area contributed by atoms with Gasteiger partial charge in [0, 0.05) is 12.0 Å². The summed E-state index contributed by atoms with van der Waals surface area (Å²) in [6.45, 7) is 0.371. The first kappa shape index (κ1) is 15.7. The second kappa shape index (κ2) is 8.53. The molecule has 112 valence electrons. The largest absolute Gasteiger partial charge is 0.497 e. The number of benzene rings is 2. The lowest BCUT2D eigenvalue weighted by atomic mass is 10.1. The second-order valence-electron chi connectivity index (χ2n) is 4.79. The minimum absolute atomic E-state index is 0.0122. The van der Waals surface area contributed by atoms with Gasteiger partial charge in [0.25, 0.3) is 0 Å². The number of rotatable bonds is 5. The highest BCUT2D eigenvalue weighted by atomic mass is 16.5. The molecular formula is C19H19NO2. The van der Waals surface area contributed by atoms with Gasteiger partial charge in [-0.1, -0.05) is 42.2 Å². The summed E-state index contributed by atoms with van der Waals surface area (Å²) in [6.07, 6.45) is 1.17. The van der Waals surface area contributed by atoms with Crippen molar-refractivity contribution in [2.75, 3.05) is 13.7 Å². The first-order valence-electron chi connectivity index (χ1n) is 7.21. The summed E-state index contributed by atoms with van der Waals surface area (Å²) in [5.74, 6) is 6.79. The molecule has 0 aliphatic rings. The smallest absolute Gasteiger partial charge is 0.221 e. The first-order valence-corrected chi connectivity index (χ1v) is 7.21. The van der Waals surface area contributed by atoms with Gasteiger partial charge in [0.1, 0.15) is 5.75 Å². The molecule has 0 aromatic heterocycles. The number of nitrogens with one attached hydrogen (secondary N) is 1. The van der Waals surface area contributed by atoms with E-state index in [4.69, 9.17) is 4.74 Å². The van der Waals surface area contributed by atoms with E-state index < -0.39 is 0 Å². The topological polar surface area (TPSA) is 38.3 Å². The lowest BCUT2D eigenvalue weighted by Gasteiger charge is -2.03. The molecule has 0 aliphatic carbocycles. The van der Waals surface area contributed by atoms with Gasteiger partial charge in [-0.3, -0.25) is 4.79 Å². The Morgan fingerprint density at radius 1 is 1.09 bits per heavy atom. The summed E-state index contributed by atoms with van der Waals surface area (Å²) in [6, 6.07) is 17.5. The highest BCUT2D eigenvalue weighted by Crippen LogP contribution is 2.12. The maximum absolute atomic E-state index is 11.7. The van der Waals surface area contributed by atoms with Gasteiger partial charge in [-0.25, -0.2) is 0 Å². The van der Waals surface area contributed by atoms with E-state index in [-0.39, 0.29) is 5.91 Å². The fraction of sp³-hybridized carbons (Fsp3) is 0.211. The Morgan fingerprint density at radius 3 is 2.50 bits per heavy atom. The van der Waals surface area contributed by atoms with E-state index in [2.05, 4.69) is 17.2 Å². The van der Waals surface area contributed by atoms with Crippen LogP contribution in [0.15, 0.2) is 54.6 Å². The first-order chi connectivity index (χ1) is 10.8. The van der Waals surface area contributed by atoms with Gasteiger partial charge < -0.3 is 10.1 Å². The number of amides is 1. The van der Waals surface area contributed by atoms with Gasteiger partial charge in [-0.05, 0) is 36.2 Å². The molecule has 2 aromatic rings. The van der Waals surface area contributed by atoms with Crippen LogP contribution in [0.3, 0.4) is 0 Å². The lowest BCUT2D eigenvalue weighted by Crippen LogP contribution is -2.23. The predicted octanol–water partition coefficient (Wildman–Crippen LogP) is 2.80. The molecule has 2 rings (SSSR count). The molecule has 0 aliphatic heterocycles. The van der Waals surface area contributed by atoms with Crippen LogP contribution in [0.5, 0.6) is 5.75 Å². The average molecular weight is 293 g/mol. The van der Waals surface area contributed by atoms with Crippen molar-refractivity contribution < 1.29 is 9.53 Å². The average Bonchev–Trinajstić information content (AvgIpc) is 2.58. The number of carbonyl (C=O) groups is 1. The zero-order valence-corrected chi connectivity index (χ0v) is 12.6. The minimum atomic E-state index is 0.0122. The molecule has 3 heteroatoms. The van der Waals surface area contributed by atoms with Crippen molar-refractivity contribution in [1.29, 1.82) is 0 Å². The van der Waals surface area contributed by atoms with Gasteiger partial charge in [0.2, 0.25) is 5.91 Å². The number of hydrogen-bond acceptors (Lipinski definition) is 2. The Hall–Kier alpha value is -2.73. The van der Waals surface area contributed by atoms with Crippen molar-refractivity contribution in [3.63, 3.8) is 0 Å². The molecule has 0 bridgehead atoms. The lowest BCUT2D eigenvalue weighted by molar-refractivity contribution is -0.120. The van der Waals surface area contributed by atoms with Gasteiger partial charge >= 0.3 is 0 Å². The van der Waals surface area contributed by atoms with E-state index in [1.165, 1.54) is 0 Å². The SMILES string of the molecule is COc1ccc(CCC(=O)NCC#Cc2ccccc2)cc1. The van der Waals surface area contributed by atoms with Crippen LogP contribution in [0.2, 0.25) is 0 Å². The summed E-state index contributed by atoms with van der Waals surface area (Å²) in [4.78, 5) is 11.7. The summed E-state index contributed by atoms with van der Waals surface area (Å²) in [5.41, 5.74) is 2.07. The number of aryl methyl sites for hydroxylation is 1. The Balaban J connectivity index is 1.71. The molecule has 0 unspecified atom stereocenters. The third-order valence-electron chi connectivity index (χ3n) is 3.18. The number of carbonyl (C=O) groups excluding carboxylic acids is 1. The van der Waals surface area contributed by atoms with E-state index in [9.17, 15) is 4.79 Å². The van der Waals surface area contributed by atoms with E-state index >= 15 is 0 Å². The van der Waals surface area contributed by atoms with Crippen LogP contribution >= 0.6 is 0 Å². The van der Waals surface area contributed by atoms with Crippen molar-refractivity contribution in [2.24, 2.45) is 0 Å². The molecule has 0 atom stereocenters. The summed E-state index contributed by atoms with van der Waals surface area (Å²) >= 11 is 0. The van der Waals surface area contributed by atoms with Crippen LogP contribution in [-0.4, -0.2) is 19.6 Å². The number of methoxy groups -OCH3 is 1. The molecule has 1 amide bonds. The summed E-state index contributed by atoms with van der Waals surface area (Å²) < 4.78 is 5.10. The van der Waals surface area contributed by atoms with Crippen molar-refractivity contribution in [3.05, 3.63) is 65.7 Å². The quantitative estimate of drug-likeness (QED) is 0.861. The zero-order valence-electron chi connectivity index (χ0n) is 12.6. The van der Waals surface area contributed by atoms with E-state index in [0.29, 0.717) is 19.4 Å². The van der Waals surface area contributed by atoms with Crippen LogP contribution < -0.4 is 10.1 Å². The maximum Gasteiger partial charge on any atom is 0.221 e. The molecule has 0 saturated heterocycles. The van der Waals surface area contributed by atoms with Crippen molar-refractivity contribution in [1.82, 2.24) is 5.32 Å². The Kier molecular flexibility index (Phi) is 6.07. The fourth-order valence-electron chi connectivity index (χ4n) is 1.95. The van der Waals surface area contributed by atoms with Gasteiger partial charge in [0.05, 0.1) is 13.7 Å². The molecule has 1 N–H and O–H groups in total. The standard InChI is InChI=1S/C19H19NO2/c1-22-18-12-9-17(10-13-18)11-14-19(21)20-15-5-8-16-6-3-2-4-7-16/h2-4,6-7,9-10,12-13H,11,14-15H2,1H3,(H,20,21). The molecule has 0 saturated carbocycles. The fourth-order valence-corrected chi connectivity index (χ4v) is 1.95. The molecule has 0 heterocycles. The molecule has 0 fully saturated rings. The van der Waals surface area contributed by atoms with Crippen molar-refractivity contribution in [2.45, 2.75) is 12.8 Å². The molecule has 3 nitrogen and oxygen atoms in total. The Bertz CT molecular complexity index is 651. The van der Waals surface area contributed by atoms with Gasteiger partial charge in [-0.15, -0.1) is 0 Å². The van der Waals surface area contributed by atoms with Crippen molar-refractivity contribution in [3.8, 4) is 17.6 Å². The maximum atomic E-state index is 11.7. The third-order valence-corrected chi connectivity index (χ3v) is 3.18. The number of hydrogen-bond donors (Lipinski definition) is 1. The monoisotopic (exact) mass is 293 g/mol. The third kappa shape index (κ3) is 5.34. The van der Waals surface area contributed by atoms with E-state index in [0.717, 1.165) is 16.9 Å². The van der Waals surface area contributed by atoms with Crippen LogP contribution in [-0.2, 0) is 11.2 Å². The van der Waals surface area contributed by atoms with Crippen LogP contribution in [0.1, 0.15) is 17.5 Å². The summed E-state index contributed by atoms with van der Waals surface area (Å²) in [7, 11) is 1.64. The highest BCUT2D eigenvalue weighted by Gasteiger charge is 2.01. The van der Waals surface area contributed by atoms with Gasteiger partial charge in [-0.2, -0.15) is 0 Å². The predicted molar refractivity (Wildman–Crippen MR) is 87.6 cm³/mol.